The summed E-state index contributed by atoms with van der Waals surface area (Å²) in [6.45, 7) is 1.94. The van der Waals surface area contributed by atoms with Gasteiger partial charge in [-0.2, -0.15) is 0 Å². The molecule has 0 saturated heterocycles. The summed E-state index contributed by atoms with van der Waals surface area (Å²) in [5.41, 5.74) is 6.91. The lowest BCUT2D eigenvalue weighted by Gasteiger charge is -2.28. The van der Waals surface area contributed by atoms with E-state index in [1.54, 1.807) is 12.0 Å². The summed E-state index contributed by atoms with van der Waals surface area (Å²) >= 11 is 0. The lowest BCUT2D eigenvalue weighted by atomic mass is 10.1. The molecule has 1 aliphatic rings. The van der Waals surface area contributed by atoms with Crippen LogP contribution in [0.2, 0.25) is 0 Å². The molecule has 88 valence electrons. The highest BCUT2D eigenvalue weighted by molar-refractivity contribution is 5.82. The van der Waals surface area contributed by atoms with Crippen molar-refractivity contribution < 1.29 is 9.53 Å². The Balaban J connectivity index is 2.47. The van der Waals surface area contributed by atoms with Gasteiger partial charge >= 0.3 is 0 Å². The second kappa shape index (κ2) is 6.31. The minimum absolute atomic E-state index is 0.0642. The van der Waals surface area contributed by atoms with Crippen molar-refractivity contribution in [2.45, 2.75) is 18.9 Å². The van der Waals surface area contributed by atoms with Crippen molar-refractivity contribution in [3.63, 3.8) is 0 Å². The predicted molar refractivity (Wildman–Crippen MR) is 62.6 cm³/mol. The molecule has 1 amide bonds. The molecule has 0 fully saturated rings. The molecule has 0 radical (unpaired) electrons. The Labute approximate surface area is 96.4 Å². The summed E-state index contributed by atoms with van der Waals surface area (Å²) in [6, 6.07) is -0.567. The molecule has 0 saturated carbocycles. The molecule has 4 nitrogen and oxygen atoms in total. The molecule has 0 aromatic heterocycles. The Morgan fingerprint density at radius 3 is 3.06 bits per heavy atom. The molecule has 0 aromatic carbocycles. The molecule has 1 aliphatic heterocycles. The number of amides is 1. The fourth-order valence-corrected chi connectivity index (χ4v) is 1.68. The zero-order valence-corrected chi connectivity index (χ0v) is 9.61. The van der Waals surface area contributed by atoms with Crippen LogP contribution in [-0.2, 0) is 9.53 Å². The molecule has 16 heavy (non-hydrogen) atoms. The minimum Gasteiger partial charge on any atom is -0.380 e. The zero-order chi connectivity index (χ0) is 12.0. The van der Waals surface area contributed by atoms with Gasteiger partial charge in [0.15, 0.2) is 0 Å². The van der Waals surface area contributed by atoms with Gasteiger partial charge in [0, 0.05) is 26.6 Å². The number of hydrogen-bond donors (Lipinski definition) is 1. The lowest BCUT2D eigenvalue weighted by Crippen LogP contribution is -2.45. The first-order valence-electron chi connectivity index (χ1n) is 5.33. The number of nitrogens with two attached hydrogens (primary N) is 1. The van der Waals surface area contributed by atoms with E-state index in [1.807, 2.05) is 6.08 Å². The van der Waals surface area contributed by atoms with Crippen LogP contribution < -0.4 is 5.73 Å². The van der Waals surface area contributed by atoms with Gasteiger partial charge in [-0.1, -0.05) is 6.08 Å². The van der Waals surface area contributed by atoms with Crippen LogP contribution in [0.5, 0.6) is 0 Å². The average Bonchev–Trinajstić information content (AvgIpc) is 2.30. The molecule has 1 unspecified atom stereocenters. The van der Waals surface area contributed by atoms with E-state index in [0.717, 1.165) is 6.42 Å². The molecular formula is C12H18N2O2. The number of carbonyl (C=O) groups is 1. The maximum Gasteiger partial charge on any atom is 0.240 e. The topological polar surface area (TPSA) is 55.6 Å². The number of carbonyl (C=O) groups excluding carboxylic acids is 1. The van der Waals surface area contributed by atoms with Gasteiger partial charge in [0.05, 0.1) is 12.6 Å². The van der Waals surface area contributed by atoms with Gasteiger partial charge in [0.2, 0.25) is 5.91 Å². The SMILES string of the molecule is C#CCC(N)C(=O)N1CC=C(COC)CC1. The monoisotopic (exact) mass is 222 g/mol. The maximum atomic E-state index is 11.8. The van der Waals surface area contributed by atoms with E-state index >= 15 is 0 Å². The number of nitrogens with zero attached hydrogens (tertiary/aromatic N) is 1. The van der Waals surface area contributed by atoms with Crippen molar-refractivity contribution in [3.05, 3.63) is 11.6 Å². The van der Waals surface area contributed by atoms with Crippen LogP contribution in [0.25, 0.3) is 0 Å². The summed E-state index contributed by atoms with van der Waals surface area (Å²) in [6.07, 6.45) is 8.30. The second-order valence-corrected chi connectivity index (χ2v) is 3.84. The van der Waals surface area contributed by atoms with E-state index in [-0.39, 0.29) is 5.91 Å². The van der Waals surface area contributed by atoms with Gasteiger partial charge < -0.3 is 15.4 Å². The number of rotatable bonds is 4. The molecule has 1 rings (SSSR count). The highest BCUT2D eigenvalue weighted by atomic mass is 16.5. The Morgan fingerprint density at radius 2 is 2.56 bits per heavy atom. The smallest absolute Gasteiger partial charge is 0.240 e. The van der Waals surface area contributed by atoms with Crippen molar-refractivity contribution in [3.8, 4) is 12.3 Å². The molecule has 4 heteroatoms. The van der Waals surface area contributed by atoms with Crippen LogP contribution >= 0.6 is 0 Å². The van der Waals surface area contributed by atoms with Gasteiger partial charge in [0.25, 0.3) is 0 Å². The van der Waals surface area contributed by atoms with Crippen molar-refractivity contribution in [2.75, 3.05) is 26.8 Å². The summed E-state index contributed by atoms with van der Waals surface area (Å²) < 4.78 is 5.04. The van der Waals surface area contributed by atoms with E-state index in [2.05, 4.69) is 5.92 Å². The summed E-state index contributed by atoms with van der Waals surface area (Å²) in [5.74, 6) is 2.34. The zero-order valence-electron chi connectivity index (χ0n) is 9.61. The van der Waals surface area contributed by atoms with Crippen molar-refractivity contribution in [2.24, 2.45) is 5.73 Å². The van der Waals surface area contributed by atoms with Crippen LogP contribution in [-0.4, -0.2) is 43.7 Å². The largest absolute Gasteiger partial charge is 0.380 e. The van der Waals surface area contributed by atoms with E-state index < -0.39 is 6.04 Å². The number of methoxy groups -OCH3 is 1. The highest BCUT2D eigenvalue weighted by Gasteiger charge is 2.21. The fraction of sp³-hybridized carbons (Fsp3) is 0.583. The fourth-order valence-electron chi connectivity index (χ4n) is 1.68. The Kier molecular flexibility index (Phi) is 5.03. The Bertz CT molecular complexity index is 317. The first-order valence-corrected chi connectivity index (χ1v) is 5.33. The van der Waals surface area contributed by atoms with Crippen LogP contribution in [0.1, 0.15) is 12.8 Å². The summed E-state index contributed by atoms with van der Waals surface area (Å²) in [5, 5.41) is 0. The average molecular weight is 222 g/mol. The molecule has 0 bridgehead atoms. The quantitative estimate of drug-likeness (QED) is 0.544. The number of ether oxygens (including phenoxy) is 1. The normalized spacial score (nSPS) is 17.6. The van der Waals surface area contributed by atoms with E-state index in [0.29, 0.717) is 26.1 Å². The number of hydrogen-bond acceptors (Lipinski definition) is 3. The van der Waals surface area contributed by atoms with E-state index in [9.17, 15) is 4.79 Å². The molecule has 0 aliphatic carbocycles. The minimum atomic E-state index is -0.567. The molecule has 0 spiro atoms. The highest BCUT2D eigenvalue weighted by Crippen LogP contribution is 2.12. The predicted octanol–water partition coefficient (Wildman–Crippen LogP) is 0.142. The first kappa shape index (κ1) is 12.8. The van der Waals surface area contributed by atoms with Crippen molar-refractivity contribution >= 4 is 5.91 Å². The Hall–Kier alpha value is -1.31. The van der Waals surface area contributed by atoms with Gasteiger partial charge in [-0.3, -0.25) is 4.79 Å². The second-order valence-electron chi connectivity index (χ2n) is 3.84. The third-order valence-corrected chi connectivity index (χ3v) is 2.60. The molecule has 1 atom stereocenters. The summed E-state index contributed by atoms with van der Waals surface area (Å²) in [4.78, 5) is 13.5. The Morgan fingerprint density at radius 1 is 1.81 bits per heavy atom. The molecule has 1 heterocycles. The first-order chi connectivity index (χ1) is 7.69. The van der Waals surface area contributed by atoms with E-state index in [1.165, 1.54) is 5.57 Å². The van der Waals surface area contributed by atoms with Gasteiger partial charge in [-0.05, 0) is 12.0 Å². The van der Waals surface area contributed by atoms with Crippen molar-refractivity contribution in [1.29, 1.82) is 0 Å². The molecule has 2 N–H and O–H groups in total. The van der Waals surface area contributed by atoms with Crippen LogP contribution in [0.15, 0.2) is 11.6 Å². The lowest BCUT2D eigenvalue weighted by molar-refractivity contribution is -0.132. The van der Waals surface area contributed by atoms with Crippen LogP contribution in [0, 0.1) is 12.3 Å². The van der Waals surface area contributed by atoms with Crippen LogP contribution in [0.4, 0.5) is 0 Å². The summed E-state index contributed by atoms with van der Waals surface area (Å²) in [7, 11) is 1.67. The van der Waals surface area contributed by atoms with Gasteiger partial charge in [-0.25, -0.2) is 0 Å². The third-order valence-electron chi connectivity index (χ3n) is 2.60. The van der Waals surface area contributed by atoms with E-state index in [4.69, 9.17) is 16.9 Å². The standard InChI is InChI=1S/C12H18N2O2/c1-3-4-11(13)12(15)14-7-5-10(6-8-14)9-16-2/h1,5,11H,4,6-9,13H2,2H3. The number of terminal acetylenes is 1. The van der Waals surface area contributed by atoms with Gasteiger partial charge in [-0.15, -0.1) is 12.3 Å². The molecule has 0 aromatic rings. The van der Waals surface area contributed by atoms with Crippen molar-refractivity contribution in [1.82, 2.24) is 4.90 Å². The van der Waals surface area contributed by atoms with Gasteiger partial charge in [0.1, 0.15) is 0 Å². The molecular weight excluding hydrogens is 204 g/mol. The third kappa shape index (κ3) is 3.37. The van der Waals surface area contributed by atoms with Crippen LogP contribution in [0.3, 0.4) is 0 Å². The maximum absolute atomic E-state index is 11.8.